The fraction of sp³-hybridized carbons (Fsp3) is 0.357. The van der Waals surface area contributed by atoms with E-state index in [9.17, 15) is 9.59 Å². The number of hydrogen-bond donors (Lipinski definition) is 0. The highest BCUT2D eigenvalue weighted by molar-refractivity contribution is 5.84. The first-order valence-corrected chi connectivity index (χ1v) is 12.3. The van der Waals surface area contributed by atoms with Gasteiger partial charge in [0.25, 0.3) is 5.56 Å². The summed E-state index contributed by atoms with van der Waals surface area (Å²) in [6.07, 6.45) is 2.97. The van der Waals surface area contributed by atoms with E-state index in [2.05, 4.69) is 34.5 Å². The Balaban J connectivity index is 1.36. The second kappa shape index (κ2) is 9.49. The van der Waals surface area contributed by atoms with Gasteiger partial charge in [0.1, 0.15) is 6.04 Å². The highest BCUT2D eigenvalue weighted by Crippen LogP contribution is 2.25. The molecule has 5 rings (SSSR count). The Kier molecular flexibility index (Phi) is 6.24. The van der Waals surface area contributed by atoms with Crippen LogP contribution in [0.25, 0.3) is 16.6 Å². The van der Waals surface area contributed by atoms with Crippen molar-refractivity contribution >= 4 is 16.8 Å². The molecule has 0 radical (unpaired) electrons. The molecule has 2 aromatic carbocycles. The molecule has 0 saturated carbocycles. The summed E-state index contributed by atoms with van der Waals surface area (Å²) in [5.41, 5.74) is 3.80. The molecule has 3 heterocycles. The number of carbonyl (C=O) groups is 1. The molecule has 1 aliphatic heterocycles. The number of rotatable bonds is 5. The number of aryl methyl sites for hydroxylation is 2. The molecule has 1 aliphatic rings. The SMILES string of the molecule is Cc1nn([C@H](C)C(=O)N2CCC(Cc3ccccc3)CC2)c(=O)c2nn(-c3ccccc3)c(C)c12. The van der Waals surface area contributed by atoms with Crippen LogP contribution in [0.4, 0.5) is 0 Å². The van der Waals surface area contributed by atoms with E-state index in [1.165, 1.54) is 10.2 Å². The lowest BCUT2D eigenvalue weighted by atomic mass is 9.90. The summed E-state index contributed by atoms with van der Waals surface area (Å²) in [5.74, 6) is 0.511. The second-order valence-corrected chi connectivity index (χ2v) is 9.53. The zero-order valence-corrected chi connectivity index (χ0v) is 20.5. The highest BCUT2D eigenvalue weighted by Gasteiger charge is 2.29. The first kappa shape index (κ1) is 23.0. The number of nitrogens with zero attached hydrogens (tertiary/aromatic N) is 5. The predicted molar refractivity (Wildman–Crippen MR) is 137 cm³/mol. The molecule has 1 amide bonds. The third-order valence-electron chi connectivity index (χ3n) is 7.16. The minimum Gasteiger partial charge on any atom is -0.341 e. The third-order valence-corrected chi connectivity index (χ3v) is 7.16. The lowest BCUT2D eigenvalue weighted by Gasteiger charge is -2.33. The molecule has 2 aromatic heterocycles. The molecule has 0 N–H and O–H groups in total. The monoisotopic (exact) mass is 469 g/mol. The van der Waals surface area contributed by atoms with Gasteiger partial charge in [0.2, 0.25) is 5.91 Å². The van der Waals surface area contributed by atoms with Crippen molar-refractivity contribution in [1.82, 2.24) is 24.5 Å². The maximum absolute atomic E-state index is 13.4. The van der Waals surface area contributed by atoms with E-state index in [1.807, 2.05) is 55.1 Å². The molecule has 1 saturated heterocycles. The van der Waals surface area contributed by atoms with Gasteiger partial charge < -0.3 is 4.90 Å². The normalized spacial score (nSPS) is 15.5. The average Bonchev–Trinajstić information content (AvgIpc) is 3.25. The number of amides is 1. The van der Waals surface area contributed by atoms with Crippen molar-refractivity contribution in [2.75, 3.05) is 13.1 Å². The van der Waals surface area contributed by atoms with Crippen molar-refractivity contribution in [3.05, 3.63) is 88.0 Å². The minimum atomic E-state index is -0.682. The van der Waals surface area contributed by atoms with Crippen molar-refractivity contribution in [3.63, 3.8) is 0 Å². The number of likely N-dealkylation sites (tertiary alicyclic amines) is 1. The van der Waals surface area contributed by atoms with Crippen molar-refractivity contribution in [1.29, 1.82) is 0 Å². The van der Waals surface area contributed by atoms with Gasteiger partial charge in [-0.2, -0.15) is 10.2 Å². The first-order valence-electron chi connectivity index (χ1n) is 12.3. The molecule has 0 aliphatic carbocycles. The summed E-state index contributed by atoms with van der Waals surface area (Å²) in [6.45, 7) is 6.99. The summed E-state index contributed by atoms with van der Waals surface area (Å²) in [4.78, 5) is 28.7. The molecule has 1 fully saturated rings. The van der Waals surface area contributed by atoms with Crippen molar-refractivity contribution < 1.29 is 4.79 Å². The van der Waals surface area contributed by atoms with Gasteiger partial charge in [0, 0.05) is 13.1 Å². The molecule has 7 heteroatoms. The summed E-state index contributed by atoms with van der Waals surface area (Å²) in [6, 6.07) is 19.6. The van der Waals surface area contributed by atoms with Crippen LogP contribution in [0.15, 0.2) is 65.5 Å². The molecular weight excluding hydrogens is 438 g/mol. The highest BCUT2D eigenvalue weighted by atomic mass is 16.2. The Labute approximate surface area is 205 Å². The molecule has 180 valence electrons. The van der Waals surface area contributed by atoms with Crippen LogP contribution in [0, 0.1) is 19.8 Å². The standard InChI is InChI=1S/C28H31N5O2/c1-19-25-20(2)32(24-12-8-5-9-13-24)30-26(25)28(35)33(29-19)21(3)27(34)31-16-14-23(15-17-31)18-22-10-6-4-7-11-22/h4-13,21,23H,14-18H2,1-3H3/t21-/m1/s1. The van der Waals surface area contributed by atoms with Crippen LogP contribution < -0.4 is 5.56 Å². The smallest absolute Gasteiger partial charge is 0.295 e. The summed E-state index contributed by atoms with van der Waals surface area (Å²) in [5, 5.41) is 9.93. The van der Waals surface area contributed by atoms with Crippen LogP contribution in [0.2, 0.25) is 0 Å². The van der Waals surface area contributed by atoms with Gasteiger partial charge in [-0.15, -0.1) is 0 Å². The Bertz CT molecular complexity index is 1400. The molecule has 1 atom stereocenters. The van der Waals surface area contributed by atoms with E-state index in [0.29, 0.717) is 30.2 Å². The van der Waals surface area contributed by atoms with E-state index in [-0.39, 0.29) is 11.5 Å². The van der Waals surface area contributed by atoms with E-state index in [0.717, 1.165) is 36.0 Å². The molecule has 0 bridgehead atoms. The van der Waals surface area contributed by atoms with Gasteiger partial charge in [-0.1, -0.05) is 48.5 Å². The largest absolute Gasteiger partial charge is 0.341 e. The minimum absolute atomic E-state index is 0.0595. The second-order valence-electron chi connectivity index (χ2n) is 9.53. The molecule has 4 aromatic rings. The molecule has 0 unspecified atom stereocenters. The van der Waals surface area contributed by atoms with E-state index < -0.39 is 6.04 Å². The van der Waals surface area contributed by atoms with Crippen LogP contribution >= 0.6 is 0 Å². The number of carbonyl (C=O) groups excluding carboxylic acids is 1. The van der Waals surface area contributed by atoms with Gasteiger partial charge in [-0.05, 0) is 63.6 Å². The lowest BCUT2D eigenvalue weighted by Crippen LogP contribution is -2.44. The van der Waals surface area contributed by atoms with Crippen LogP contribution in [-0.2, 0) is 11.2 Å². The maximum atomic E-state index is 13.4. The van der Waals surface area contributed by atoms with Crippen LogP contribution in [0.1, 0.15) is 42.8 Å². The van der Waals surface area contributed by atoms with Crippen molar-refractivity contribution in [3.8, 4) is 5.69 Å². The van der Waals surface area contributed by atoms with Gasteiger partial charge >= 0.3 is 0 Å². The Morgan fingerprint density at radius 1 is 0.971 bits per heavy atom. The van der Waals surface area contributed by atoms with Gasteiger partial charge in [-0.25, -0.2) is 9.36 Å². The zero-order valence-electron chi connectivity index (χ0n) is 20.5. The molecule has 0 spiro atoms. The number of hydrogen-bond acceptors (Lipinski definition) is 4. The summed E-state index contributed by atoms with van der Waals surface area (Å²) < 4.78 is 3.09. The number of piperidine rings is 1. The van der Waals surface area contributed by atoms with E-state index in [1.54, 1.807) is 11.6 Å². The lowest BCUT2D eigenvalue weighted by molar-refractivity contribution is -0.136. The van der Waals surface area contributed by atoms with Crippen molar-refractivity contribution in [2.24, 2.45) is 5.92 Å². The fourth-order valence-corrected chi connectivity index (χ4v) is 5.21. The zero-order chi connectivity index (χ0) is 24.5. The summed E-state index contributed by atoms with van der Waals surface area (Å²) in [7, 11) is 0. The van der Waals surface area contributed by atoms with E-state index in [4.69, 9.17) is 0 Å². The number of benzene rings is 2. The Hall–Kier alpha value is -3.74. The quantitative estimate of drug-likeness (QED) is 0.438. The summed E-state index contributed by atoms with van der Waals surface area (Å²) >= 11 is 0. The number of para-hydroxylation sites is 1. The Morgan fingerprint density at radius 2 is 1.60 bits per heavy atom. The predicted octanol–water partition coefficient (Wildman–Crippen LogP) is 4.24. The van der Waals surface area contributed by atoms with Gasteiger partial charge in [-0.3, -0.25) is 9.59 Å². The van der Waals surface area contributed by atoms with Crippen molar-refractivity contribution in [2.45, 2.75) is 46.1 Å². The first-order chi connectivity index (χ1) is 16.9. The molecular formula is C28H31N5O2. The van der Waals surface area contributed by atoms with Crippen LogP contribution in [-0.4, -0.2) is 43.5 Å². The van der Waals surface area contributed by atoms with Crippen LogP contribution in [0.5, 0.6) is 0 Å². The fourth-order valence-electron chi connectivity index (χ4n) is 5.21. The average molecular weight is 470 g/mol. The Morgan fingerprint density at radius 3 is 2.26 bits per heavy atom. The third kappa shape index (κ3) is 4.38. The van der Waals surface area contributed by atoms with Gasteiger partial charge in [0.05, 0.1) is 22.5 Å². The van der Waals surface area contributed by atoms with E-state index >= 15 is 0 Å². The molecule has 35 heavy (non-hydrogen) atoms. The number of aromatic nitrogens is 4. The maximum Gasteiger partial charge on any atom is 0.295 e. The van der Waals surface area contributed by atoms with Gasteiger partial charge in [0.15, 0.2) is 5.52 Å². The number of fused-ring (bicyclic) bond motifs is 1. The topological polar surface area (TPSA) is 73.0 Å². The van der Waals surface area contributed by atoms with Crippen LogP contribution in [0.3, 0.4) is 0 Å². The molecule has 7 nitrogen and oxygen atoms in total.